The average molecular weight is 472 g/mol. The summed E-state index contributed by atoms with van der Waals surface area (Å²) in [5, 5.41) is 7.32. The Morgan fingerprint density at radius 2 is 2.00 bits per heavy atom. The van der Waals surface area contributed by atoms with E-state index in [1.807, 2.05) is 35.3 Å². The van der Waals surface area contributed by atoms with Crippen LogP contribution in [0.25, 0.3) is 11.0 Å². The number of carbonyl (C=O) groups excluding carboxylic acids is 1. The van der Waals surface area contributed by atoms with Crippen LogP contribution in [0.15, 0.2) is 34.1 Å². The monoisotopic (exact) mass is 471 g/mol. The Kier molecular flexibility index (Phi) is 7.12. The lowest BCUT2D eigenvalue weighted by Gasteiger charge is -2.25. The van der Waals surface area contributed by atoms with Gasteiger partial charge in [0.2, 0.25) is 0 Å². The van der Waals surface area contributed by atoms with Crippen molar-refractivity contribution in [3.05, 3.63) is 46.7 Å². The molecule has 3 aromatic rings. The summed E-state index contributed by atoms with van der Waals surface area (Å²) < 4.78 is 11.4. The predicted octanol–water partition coefficient (Wildman–Crippen LogP) is 5.54. The highest BCUT2D eigenvalue weighted by Gasteiger charge is 2.23. The first-order chi connectivity index (χ1) is 15.8. The van der Waals surface area contributed by atoms with E-state index in [4.69, 9.17) is 9.15 Å². The van der Waals surface area contributed by atoms with Crippen molar-refractivity contribution in [2.45, 2.75) is 49.7 Å². The van der Waals surface area contributed by atoms with Crippen molar-refractivity contribution < 1.29 is 13.9 Å². The second-order valence-corrected chi connectivity index (χ2v) is 10.6. The Morgan fingerprint density at radius 3 is 2.84 bits per heavy atom. The molecule has 8 heteroatoms. The van der Waals surface area contributed by atoms with Crippen molar-refractivity contribution in [1.29, 1.82) is 0 Å². The van der Waals surface area contributed by atoms with Gasteiger partial charge in [-0.05, 0) is 18.9 Å². The van der Waals surface area contributed by atoms with Gasteiger partial charge in [0, 0.05) is 47.0 Å². The quantitative estimate of drug-likeness (QED) is 0.488. The van der Waals surface area contributed by atoms with Gasteiger partial charge in [-0.25, -0.2) is 4.98 Å². The second-order valence-electron chi connectivity index (χ2n) is 8.46. The summed E-state index contributed by atoms with van der Waals surface area (Å²) in [6.45, 7) is 4.15. The van der Waals surface area contributed by atoms with Crippen LogP contribution in [0.2, 0.25) is 0 Å². The van der Waals surface area contributed by atoms with E-state index >= 15 is 0 Å². The normalized spacial score (nSPS) is 18.2. The number of thiazole rings is 1. The van der Waals surface area contributed by atoms with Crippen molar-refractivity contribution in [3.8, 4) is 0 Å². The Morgan fingerprint density at radius 1 is 1.19 bits per heavy atom. The minimum absolute atomic E-state index is 0.215. The summed E-state index contributed by atoms with van der Waals surface area (Å²) in [4.78, 5) is 20.1. The molecule has 1 N–H and O–H groups in total. The summed E-state index contributed by atoms with van der Waals surface area (Å²) in [5.74, 6) is 0.997. The molecule has 1 aromatic carbocycles. The van der Waals surface area contributed by atoms with Gasteiger partial charge in [0.05, 0.1) is 18.9 Å². The molecule has 2 fully saturated rings. The van der Waals surface area contributed by atoms with Crippen LogP contribution < -0.4 is 5.32 Å². The maximum atomic E-state index is 13.2. The van der Waals surface area contributed by atoms with E-state index in [0.717, 1.165) is 60.8 Å². The molecule has 0 unspecified atom stereocenters. The number of ether oxygens (including phenoxy) is 1. The van der Waals surface area contributed by atoms with Crippen LogP contribution in [-0.4, -0.2) is 47.3 Å². The van der Waals surface area contributed by atoms with Crippen molar-refractivity contribution in [2.24, 2.45) is 0 Å². The Hall–Kier alpha value is -1.87. The molecule has 2 aliphatic rings. The number of morpholine rings is 1. The Balaban J connectivity index is 1.29. The molecule has 5 rings (SSSR count). The number of carbonyl (C=O) groups is 1. The van der Waals surface area contributed by atoms with E-state index in [2.05, 4.69) is 21.3 Å². The van der Waals surface area contributed by atoms with Crippen LogP contribution in [0.5, 0.6) is 0 Å². The van der Waals surface area contributed by atoms with Crippen LogP contribution in [0.4, 0.5) is 5.13 Å². The number of nitrogens with one attached hydrogen (secondary N) is 1. The lowest BCUT2D eigenvalue weighted by atomic mass is 10.0. The van der Waals surface area contributed by atoms with E-state index in [1.165, 1.54) is 43.4 Å². The van der Waals surface area contributed by atoms with Gasteiger partial charge >= 0.3 is 0 Å². The molecule has 170 valence electrons. The highest BCUT2D eigenvalue weighted by atomic mass is 32.2. The molecule has 1 saturated heterocycles. The third-order valence-electron chi connectivity index (χ3n) is 6.18. The average Bonchev–Trinajstić information content (AvgIpc) is 3.43. The first kappa shape index (κ1) is 21.9. The SMILES string of the molecule is O=C(Nc1nc(CN2CCOCC2)cs1)c1oc2ccccc2c1CSC1CCCCC1. The topological polar surface area (TPSA) is 67.6 Å². The number of rotatable bonds is 7. The minimum atomic E-state index is -0.215. The molecule has 1 amide bonds. The molecule has 2 aromatic heterocycles. The number of anilines is 1. The number of thioether (sulfide) groups is 1. The second kappa shape index (κ2) is 10.4. The van der Waals surface area contributed by atoms with Gasteiger partial charge in [-0.15, -0.1) is 11.3 Å². The van der Waals surface area contributed by atoms with Crippen LogP contribution in [-0.2, 0) is 17.0 Å². The number of para-hydroxylation sites is 1. The van der Waals surface area contributed by atoms with E-state index < -0.39 is 0 Å². The van der Waals surface area contributed by atoms with Crippen LogP contribution >= 0.6 is 23.1 Å². The zero-order valence-electron chi connectivity index (χ0n) is 18.2. The van der Waals surface area contributed by atoms with Crippen molar-refractivity contribution in [3.63, 3.8) is 0 Å². The highest BCUT2D eigenvalue weighted by molar-refractivity contribution is 7.99. The highest BCUT2D eigenvalue weighted by Crippen LogP contribution is 2.35. The molecule has 0 bridgehead atoms. The fraction of sp³-hybridized carbons (Fsp3) is 0.500. The molecular weight excluding hydrogens is 442 g/mol. The number of nitrogens with zero attached hydrogens (tertiary/aromatic N) is 2. The summed E-state index contributed by atoms with van der Waals surface area (Å²) in [5.41, 5.74) is 2.74. The molecule has 3 heterocycles. The van der Waals surface area contributed by atoms with E-state index in [-0.39, 0.29) is 5.91 Å². The van der Waals surface area contributed by atoms with Gasteiger partial charge in [-0.3, -0.25) is 15.0 Å². The predicted molar refractivity (Wildman–Crippen MR) is 131 cm³/mol. The van der Waals surface area contributed by atoms with Gasteiger partial charge in [-0.1, -0.05) is 37.5 Å². The summed E-state index contributed by atoms with van der Waals surface area (Å²) in [6.07, 6.45) is 6.52. The minimum Gasteiger partial charge on any atom is -0.451 e. The zero-order chi connectivity index (χ0) is 21.8. The first-order valence-corrected chi connectivity index (χ1v) is 13.4. The Bertz CT molecular complexity index is 1050. The first-order valence-electron chi connectivity index (χ1n) is 11.4. The smallest absolute Gasteiger partial charge is 0.293 e. The van der Waals surface area contributed by atoms with Crippen LogP contribution in [0.3, 0.4) is 0 Å². The summed E-state index contributed by atoms with van der Waals surface area (Å²) in [7, 11) is 0. The van der Waals surface area contributed by atoms with Crippen LogP contribution in [0, 0.1) is 0 Å². The van der Waals surface area contributed by atoms with Crippen molar-refractivity contribution in [2.75, 3.05) is 31.6 Å². The third-order valence-corrected chi connectivity index (χ3v) is 8.39. The maximum Gasteiger partial charge on any atom is 0.293 e. The molecular formula is C24H29N3O3S2. The zero-order valence-corrected chi connectivity index (χ0v) is 19.8. The van der Waals surface area contributed by atoms with Gasteiger partial charge in [0.1, 0.15) is 5.58 Å². The standard InChI is InChI=1S/C24H29N3O3S2/c28-23(26-24-25-17(15-32-24)14-27-10-12-29-13-11-27)22-20(16-31-18-6-2-1-3-7-18)19-8-4-5-9-21(19)30-22/h4-5,8-9,15,18H,1-3,6-7,10-14,16H2,(H,25,26,28). The number of hydrogen-bond acceptors (Lipinski definition) is 7. The van der Waals surface area contributed by atoms with E-state index in [9.17, 15) is 4.79 Å². The largest absolute Gasteiger partial charge is 0.451 e. The Labute approximate surface area is 196 Å². The summed E-state index contributed by atoms with van der Waals surface area (Å²) in [6, 6.07) is 7.94. The van der Waals surface area contributed by atoms with Crippen molar-refractivity contribution in [1.82, 2.24) is 9.88 Å². The molecule has 1 aliphatic carbocycles. The number of amides is 1. The lowest BCUT2D eigenvalue weighted by molar-refractivity contribution is 0.0337. The number of fused-ring (bicyclic) bond motifs is 1. The lowest BCUT2D eigenvalue weighted by Crippen LogP contribution is -2.35. The number of furan rings is 1. The molecule has 1 aliphatic heterocycles. The molecule has 0 atom stereocenters. The number of benzene rings is 1. The van der Waals surface area contributed by atoms with Crippen LogP contribution in [0.1, 0.15) is 53.9 Å². The molecule has 32 heavy (non-hydrogen) atoms. The number of aromatic nitrogens is 1. The van der Waals surface area contributed by atoms with E-state index in [0.29, 0.717) is 16.1 Å². The third kappa shape index (κ3) is 5.20. The van der Waals surface area contributed by atoms with Gasteiger partial charge in [0.25, 0.3) is 5.91 Å². The van der Waals surface area contributed by atoms with Crippen molar-refractivity contribution >= 4 is 45.1 Å². The maximum absolute atomic E-state index is 13.2. The van der Waals surface area contributed by atoms with E-state index in [1.54, 1.807) is 0 Å². The van der Waals surface area contributed by atoms with Gasteiger partial charge < -0.3 is 9.15 Å². The molecule has 1 saturated carbocycles. The van der Waals surface area contributed by atoms with Gasteiger partial charge in [-0.2, -0.15) is 11.8 Å². The molecule has 0 radical (unpaired) electrons. The molecule has 0 spiro atoms. The number of hydrogen-bond donors (Lipinski definition) is 1. The summed E-state index contributed by atoms with van der Waals surface area (Å²) >= 11 is 3.42. The molecule has 6 nitrogen and oxygen atoms in total. The fourth-order valence-electron chi connectivity index (χ4n) is 4.44. The van der Waals surface area contributed by atoms with Gasteiger partial charge in [0.15, 0.2) is 10.9 Å². The fourth-order valence-corrected chi connectivity index (χ4v) is 6.49.